The van der Waals surface area contributed by atoms with Crippen molar-refractivity contribution in [3.8, 4) is 0 Å². The molecule has 3 saturated heterocycles. The van der Waals surface area contributed by atoms with E-state index in [0.717, 1.165) is 58.1 Å². The second-order valence-electron chi connectivity index (χ2n) is 7.70. The monoisotopic (exact) mass is 493 g/mol. The lowest BCUT2D eigenvalue weighted by Gasteiger charge is -2.37. The molecular formula is C19H36IN5O2. The summed E-state index contributed by atoms with van der Waals surface area (Å²) in [6.07, 6.45) is 4.18. The van der Waals surface area contributed by atoms with Gasteiger partial charge in [0.1, 0.15) is 6.10 Å². The van der Waals surface area contributed by atoms with Crippen LogP contribution in [0, 0.1) is 5.92 Å². The normalized spacial score (nSPS) is 27.0. The standard InChI is InChI=1S/C19H35N5O2.HI/c1-3-7-22-8-6-16(15-22)14-21-19(20-2)24-11-9-23(10-12-24)18(25)17-5-4-13-26-17;/h16-17H,3-15H2,1-2H3,(H,20,21);1H. The van der Waals surface area contributed by atoms with Gasteiger partial charge >= 0.3 is 0 Å². The van der Waals surface area contributed by atoms with Crippen LogP contribution in [0.3, 0.4) is 0 Å². The molecule has 3 rings (SSSR count). The Kier molecular flexibility index (Phi) is 9.58. The summed E-state index contributed by atoms with van der Waals surface area (Å²) in [5, 5.41) is 3.56. The zero-order valence-corrected chi connectivity index (χ0v) is 19.2. The van der Waals surface area contributed by atoms with E-state index >= 15 is 0 Å². The van der Waals surface area contributed by atoms with Gasteiger partial charge in [-0.05, 0) is 44.7 Å². The first kappa shape index (κ1) is 22.7. The Balaban J connectivity index is 0.00000261. The number of aliphatic imine (C=N–C) groups is 1. The predicted molar refractivity (Wildman–Crippen MR) is 119 cm³/mol. The van der Waals surface area contributed by atoms with E-state index in [9.17, 15) is 4.79 Å². The smallest absolute Gasteiger partial charge is 0.251 e. The lowest BCUT2D eigenvalue weighted by atomic mass is 10.1. The molecule has 156 valence electrons. The number of hydrogen-bond acceptors (Lipinski definition) is 4. The van der Waals surface area contributed by atoms with Crippen LogP contribution in [0.1, 0.15) is 32.6 Å². The number of nitrogens with zero attached hydrogens (tertiary/aromatic N) is 4. The first-order valence-corrected chi connectivity index (χ1v) is 10.3. The lowest BCUT2D eigenvalue weighted by Crippen LogP contribution is -2.55. The minimum absolute atomic E-state index is 0. The van der Waals surface area contributed by atoms with Crippen LogP contribution in [-0.4, -0.2) is 98.7 Å². The summed E-state index contributed by atoms with van der Waals surface area (Å²) in [6, 6.07) is 0. The number of carbonyl (C=O) groups excluding carboxylic acids is 1. The Labute approximate surface area is 180 Å². The number of carbonyl (C=O) groups is 1. The molecule has 27 heavy (non-hydrogen) atoms. The number of guanidine groups is 1. The van der Waals surface area contributed by atoms with E-state index < -0.39 is 0 Å². The van der Waals surface area contributed by atoms with Gasteiger partial charge in [0.2, 0.25) is 0 Å². The fraction of sp³-hybridized carbons (Fsp3) is 0.895. The second kappa shape index (κ2) is 11.4. The van der Waals surface area contributed by atoms with E-state index in [2.05, 4.69) is 27.0 Å². The Morgan fingerprint density at radius 2 is 1.89 bits per heavy atom. The molecule has 3 heterocycles. The van der Waals surface area contributed by atoms with Crippen molar-refractivity contribution in [2.45, 2.75) is 38.7 Å². The molecule has 0 spiro atoms. The molecule has 0 aromatic carbocycles. The van der Waals surface area contributed by atoms with Crippen molar-refractivity contribution < 1.29 is 9.53 Å². The van der Waals surface area contributed by atoms with Gasteiger partial charge in [0.15, 0.2) is 5.96 Å². The van der Waals surface area contributed by atoms with Crippen molar-refractivity contribution in [1.29, 1.82) is 0 Å². The molecule has 2 atom stereocenters. The van der Waals surface area contributed by atoms with E-state index in [1.807, 2.05) is 11.9 Å². The highest BCUT2D eigenvalue weighted by Gasteiger charge is 2.31. The minimum atomic E-state index is -0.201. The average molecular weight is 493 g/mol. The maximum absolute atomic E-state index is 12.5. The molecule has 0 saturated carbocycles. The lowest BCUT2D eigenvalue weighted by molar-refractivity contribution is -0.142. The van der Waals surface area contributed by atoms with E-state index in [-0.39, 0.29) is 36.0 Å². The van der Waals surface area contributed by atoms with Crippen LogP contribution < -0.4 is 5.32 Å². The number of piperazine rings is 1. The summed E-state index contributed by atoms with van der Waals surface area (Å²) in [6.45, 7) is 10.8. The second-order valence-corrected chi connectivity index (χ2v) is 7.70. The van der Waals surface area contributed by atoms with Crippen LogP contribution in [0.5, 0.6) is 0 Å². The van der Waals surface area contributed by atoms with Crippen molar-refractivity contribution in [2.24, 2.45) is 10.9 Å². The largest absolute Gasteiger partial charge is 0.368 e. The van der Waals surface area contributed by atoms with Gasteiger partial charge in [0.05, 0.1) is 0 Å². The summed E-state index contributed by atoms with van der Waals surface area (Å²) in [7, 11) is 1.85. The summed E-state index contributed by atoms with van der Waals surface area (Å²) >= 11 is 0. The number of halogens is 1. The van der Waals surface area contributed by atoms with Crippen LogP contribution in [0.15, 0.2) is 4.99 Å². The number of ether oxygens (including phenoxy) is 1. The third-order valence-electron chi connectivity index (χ3n) is 5.77. The van der Waals surface area contributed by atoms with Crippen molar-refractivity contribution in [2.75, 3.05) is 66.0 Å². The SMILES string of the molecule is CCCN1CCC(CNC(=NC)N2CCN(C(=O)C3CCCO3)CC2)C1.I. The van der Waals surface area contributed by atoms with Gasteiger partial charge in [-0.2, -0.15) is 0 Å². The van der Waals surface area contributed by atoms with Crippen molar-refractivity contribution in [3.63, 3.8) is 0 Å². The molecule has 3 aliphatic rings. The minimum Gasteiger partial charge on any atom is -0.368 e. The van der Waals surface area contributed by atoms with E-state index in [1.165, 1.54) is 32.5 Å². The van der Waals surface area contributed by atoms with Gasteiger partial charge in [0.25, 0.3) is 5.91 Å². The van der Waals surface area contributed by atoms with Crippen molar-refractivity contribution >= 4 is 35.8 Å². The summed E-state index contributed by atoms with van der Waals surface area (Å²) < 4.78 is 5.54. The van der Waals surface area contributed by atoms with Crippen LogP contribution in [0.25, 0.3) is 0 Å². The molecule has 1 amide bonds. The number of hydrogen-bond donors (Lipinski definition) is 1. The summed E-state index contributed by atoms with van der Waals surface area (Å²) in [4.78, 5) is 23.7. The fourth-order valence-corrected chi connectivity index (χ4v) is 4.28. The number of nitrogens with one attached hydrogen (secondary N) is 1. The van der Waals surface area contributed by atoms with Crippen LogP contribution in [0.4, 0.5) is 0 Å². The maximum Gasteiger partial charge on any atom is 0.251 e. The molecule has 3 aliphatic heterocycles. The first-order valence-electron chi connectivity index (χ1n) is 10.3. The zero-order valence-electron chi connectivity index (χ0n) is 16.9. The molecule has 0 bridgehead atoms. The Hall–Kier alpha value is -0.610. The fourth-order valence-electron chi connectivity index (χ4n) is 4.28. The molecule has 1 N–H and O–H groups in total. The van der Waals surface area contributed by atoms with Gasteiger partial charge in [-0.1, -0.05) is 6.92 Å². The highest BCUT2D eigenvalue weighted by molar-refractivity contribution is 14.0. The molecular weight excluding hydrogens is 457 g/mol. The van der Waals surface area contributed by atoms with Crippen molar-refractivity contribution in [3.05, 3.63) is 0 Å². The maximum atomic E-state index is 12.5. The quantitative estimate of drug-likeness (QED) is 0.355. The Morgan fingerprint density at radius 1 is 1.15 bits per heavy atom. The first-order chi connectivity index (χ1) is 12.7. The third kappa shape index (κ3) is 6.19. The molecule has 0 aromatic heterocycles. The van der Waals surface area contributed by atoms with Gasteiger partial charge in [-0.25, -0.2) is 0 Å². The number of amides is 1. The van der Waals surface area contributed by atoms with Gasteiger partial charge < -0.3 is 24.8 Å². The highest BCUT2D eigenvalue weighted by atomic mass is 127. The summed E-state index contributed by atoms with van der Waals surface area (Å²) in [5.74, 6) is 1.86. The topological polar surface area (TPSA) is 60.4 Å². The number of likely N-dealkylation sites (tertiary alicyclic amines) is 1. The van der Waals surface area contributed by atoms with Crippen LogP contribution >= 0.6 is 24.0 Å². The van der Waals surface area contributed by atoms with E-state index in [4.69, 9.17) is 4.74 Å². The average Bonchev–Trinajstić information content (AvgIpc) is 3.35. The summed E-state index contributed by atoms with van der Waals surface area (Å²) in [5.41, 5.74) is 0. The Bertz CT molecular complexity index is 490. The highest BCUT2D eigenvalue weighted by Crippen LogP contribution is 2.17. The van der Waals surface area contributed by atoms with E-state index in [0.29, 0.717) is 5.92 Å². The molecule has 0 aromatic rings. The van der Waals surface area contributed by atoms with E-state index in [1.54, 1.807) is 0 Å². The molecule has 0 radical (unpaired) electrons. The van der Waals surface area contributed by atoms with Gasteiger partial charge in [-0.3, -0.25) is 9.79 Å². The molecule has 7 nitrogen and oxygen atoms in total. The van der Waals surface area contributed by atoms with Gasteiger partial charge in [0, 0.05) is 52.9 Å². The predicted octanol–water partition coefficient (Wildman–Crippen LogP) is 1.23. The zero-order chi connectivity index (χ0) is 18.4. The molecule has 0 aliphatic carbocycles. The molecule has 3 fully saturated rings. The van der Waals surface area contributed by atoms with Crippen LogP contribution in [0.2, 0.25) is 0 Å². The van der Waals surface area contributed by atoms with Gasteiger partial charge in [-0.15, -0.1) is 24.0 Å². The Morgan fingerprint density at radius 3 is 2.52 bits per heavy atom. The van der Waals surface area contributed by atoms with Crippen molar-refractivity contribution in [1.82, 2.24) is 20.0 Å². The third-order valence-corrected chi connectivity index (χ3v) is 5.77. The molecule has 8 heteroatoms. The molecule has 2 unspecified atom stereocenters. The number of rotatable bonds is 5. The van der Waals surface area contributed by atoms with Crippen LogP contribution in [-0.2, 0) is 9.53 Å².